The van der Waals surface area contributed by atoms with Gasteiger partial charge in [0.1, 0.15) is 0 Å². The SMILES string of the molecule is CC(=O)c1cc2c(cc1NC(=O)[C@@H]1CC(=O)N(C)C1)OCO2. The number of carbonyl (C=O) groups is 3. The molecule has 2 amide bonds. The molecule has 3 rings (SSSR count). The van der Waals surface area contributed by atoms with E-state index in [0.29, 0.717) is 29.3 Å². The number of likely N-dealkylation sites (tertiary alicyclic amines) is 1. The number of nitrogens with zero attached hydrogens (tertiary/aromatic N) is 1. The maximum Gasteiger partial charge on any atom is 0.231 e. The van der Waals surface area contributed by atoms with Crippen molar-refractivity contribution in [2.75, 3.05) is 25.7 Å². The van der Waals surface area contributed by atoms with Crippen molar-refractivity contribution in [3.8, 4) is 11.5 Å². The highest BCUT2D eigenvalue weighted by atomic mass is 16.7. The second-order valence-corrected chi connectivity index (χ2v) is 5.47. The van der Waals surface area contributed by atoms with Crippen molar-refractivity contribution in [1.82, 2.24) is 4.90 Å². The zero-order chi connectivity index (χ0) is 15.9. The lowest BCUT2D eigenvalue weighted by Crippen LogP contribution is -2.26. The van der Waals surface area contributed by atoms with Gasteiger partial charge in [-0.25, -0.2) is 0 Å². The van der Waals surface area contributed by atoms with Gasteiger partial charge in [0.2, 0.25) is 18.6 Å². The van der Waals surface area contributed by atoms with E-state index in [1.165, 1.54) is 11.8 Å². The van der Waals surface area contributed by atoms with E-state index < -0.39 is 5.92 Å². The van der Waals surface area contributed by atoms with Crippen molar-refractivity contribution in [2.24, 2.45) is 5.92 Å². The molecule has 0 aliphatic carbocycles. The van der Waals surface area contributed by atoms with Crippen molar-refractivity contribution < 1.29 is 23.9 Å². The molecule has 22 heavy (non-hydrogen) atoms. The summed E-state index contributed by atoms with van der Waals surface area (Å²) in [6.45, 7) is 1.89. The van der Waals surface area contributed by atoms with Crippen LogP contribution < -0.4 is 14.8 Å². The van der Waals surface area contributed by atoms with E-state index in [4.69, 9.17) is 9.47 Å². The molecule has 1 N–H and O–H groups in total. The molecule has 7 nitrogen and oxygen atoms in total. The standard InChI is InChI=1S/C15H16N2O5/c1-8(18)10-4-12-13(22-7-21-12)5-11(10)16-15(20)9-3-14(19)17(2)6-9/h4-5,9H,3,6-7H2,1-2H3,(H,16,20)/t9-/m1/s1. The zero-order valence-electron chi connectivity index (χ0n) is 12.3. The van der Waals surface area contributed by atoms with Crippen LogP contribution in [0.25, 0.3) is 0 Å². The molecule has 116 valence electrons. The van der Waals surface area contributed by atoms with E-state index in [9.17, 15) is 14.4 Å². The lowest BCUT2D eigenvalue weighted by molar-refractivity contribution is -0.127. The Kier molecular flexibility index (Phi) is 3.48. The minimum atomic E-state index is -0.414. The molecular formula is C15H16N2O5. The van der Waals surface area contributed by atoms with E-state index >= 15 is 0 Å². The quantitative estimate of drug-likeness (QED) is 0.843. The van der Waals surface area contributed by atoms with Crippen LogP contribution in [0.1, 0.15) is 23.7 Å². The third kappa shape index (κ3) is 2.49. The number of carbonyl (C=O) groups excluding carboxylic acids is 3. The summed E-state index contributed by atoms with van der Waals surface area (Å²) in [6, 6.07) is 3.14. The van der Waals surface area contributed by atoms with Gasteiger partial charge in [-0.15, -0.1) is 0 Å². The number of nitrogens with one attached hydrogen (secondary N) is 1. The number of amides is 2. The number of Topliss-reactive ketones (excluding diaryl/α,β-unsaturated/α-hetero) is 1. The van der Waals surface area contributed by atoms with Gasteiger partial charge in [0.25, 0.3) is 0 Å². The smallest absolute Gasteiger partial charge is 0.231 e. The van der Waals surface area contributed by atoms with Gasteiger partial charge in [-0.1, -0.05) is 0 Å². The Morgan fingerprint density at radius 2 is 1.95 bits per heavy atom. The fraction of sp³-hybridized carbons (Fsp3) is 0.400. The third-order valence-electron chi connectivity index (χ3n) is 3.86. The second-order valence-electron chi connectivity index (χ2n) is 5.47. The van der Waals surface area contributed by atoms with Gasteiger partial charge < -0.3 is 19.7 Å². The zero-order valence-corrected chi connectivity index (χ0v) is 12.3. The molecule has 0 unspecified atom stereocenters. The molecule has 2 aliphatic rings. The molecule has 7 heteroatoms. The molecule has 1 fully saturated rings. The van der Waals surface area contributed by atoms with Crippen LogP contribution in [0.15, 0.2) is 12.1 Å². The third-order valence-corrected chi connectivity index (χ3v) is 3.86. The largest absolute Gasteiger partial charge is 0.454 e. The Morgan fingerprint density at radius 1 is 1.27 bits per heavy atom. The van der Waals surface area contributed by atoms with Crippen LogP contribution in [-0.4, -0.2) is 42.9 Å². The fourth-order valence-electron chi connectivity index (χ4n) is 2.61. The minimum absolute atomic E-state index is 0.0578. The van der Waals surface area contributed by atoms with E-state index in [-0.39, 0.29) is 30.8 Å². The summed E-state index contributed by atoms with van der Waals surface area (Å²) in [5.41, 5.74) is 0.735. The number of rotatable bonds is 3. The molecular weight excluding hydrogens is 288 g/mol. The Labute approximate surface area is 127 Å². The first-order chi connectivity index (χ1) is 10.5. The van der Waals surface area contributed by atoms with Crippen LogP contribution in [0.5, 0.6) is 11.5 Å². The highest BCUT2D eigenvalue weighted by molar-refractivity contribution is 6.06. The summed E-state index contributed by atoms with van der Waals surface area (Å²) >= 11 is 0. The number of hydrogen-bond donors (Lipinski definition) is 1. The van der Waals surface area contributed by atoms with Crippen molar-refractivity contribution in [1.29, 1.82) is 0 Å². The van der Waals surface area contributed by atoms with Gasteiger partial charge in [-0.2, -0.15) is 0 Å². The van der Waals surface area contributed by atoms with Gasteiger partial charge in [0.05, 0.1) is 11.6 Å². The summed E-state index contributed by atoms with van der Waals surface area (Å²) < 4.78 is 10.5. The average molecular weight is 304 g/mol. The van der Waals surface area contributed by atoms with E-state index in [0.717, 1.165) is 0 Å². The fourth-order valence-corrected chi connectivity index (χ4v) is 2.61. The maximum absolute atomic E-state index is 12.3. The summed E-state index contributed by atoms with van der Waals surface area (Å²) in [5, 5.41) is 2.73. The molecule has 1 saturated heterocycles. The van der Waals surface area contributed by atoms with E-state index in [1.807, 2.05) is 0 Å². The Hall–Kier alpha value is -2.57. The summed E-state index contributed by atoms with van der Waals surface area (Å²) in [7, 11) is 1.66. The predicted molar refractivity (Wildman–Crippen MR) is 76.9 cm³/mol. The molecule has 1 atom stereocenters. The molecule has 0 saturated carbocycles. The molecule has 0 aromatic heterocycles. The number of ketones is 1. The van der Waals surface area contributed by atoms with Crippen molar-refractivity contribution in [3.05, 3.63) is 17.7 Å². The van der Waals surface area contributed by atoms with E-state index in [1.54, 1.807) is 19.2 Å². The summed E-state index contributed by atoms with van der Waals surface area (Å²) in [4.78, 5) is 37.1. The van der Waals surface area contributed by atoms with E-state index in [2.05, 4.69) is 5.32 Å². The monoisotopic (exact) mass is 304 g/mol. The normalized spacial score (nSPS) is 19.5. The first-order valence-corrected chi connectivity index (χ1v) is 6.95. The molecule has 1 aromatic carbocycles. The van der Waals surface area contributed by atoms with Crippen LogP contribution >= 0.6 is 0 Å². The van der Waals surface area contributed by atoms with Gasteiger partial charge in [-0.3, -0.25) is 14.4 Å². The van der Waals surface area contributed by atoms with Crippen molar-refractivity contribution in [3.63, 3.8) is 0 Å². The molecule has 2 heterocycles. The topological polar surface area (TPSA) is 84.9 Å². The Balaban J connectivity index is 1.84. The van der Waals surface area contributed by atoms with Crippen LogP contribution in [0, 0.1) is 5.92 Å². The van der Waals surface area contributed by atoms with Crippen LogP contribution in [0.4, 0.5) is 5.69 Å². The number of fused-ring (bicyclic) bond motifs is 1. The first-order valence-electron chi connectivity index (χ1n) is 6.95. The lowest BCUT2D eigenvalue weighted by Gasteiger charge is -2.14. The number of hydrogen-bond acceptors (Lipinski definition) is 5. The Morgan fingerprint density at radius 3 is 2.55 bits per heavy atom. The molecule has 0 bridgehead atoms. The lowest BCUT2D eigenvalue weighted by atomic mass is 10.1. The molecule has 1 aromatic rings. The Bertz CT molecular complexity index is 670. The van der Waals surface area contributed by atoms with Gasteiger partial charge in [-0.05, 0) is 13.0 Å². The highest BCUT2D eigenvalue weighted by Gasteiger charge is 2.32. The molecule has 2 aliphatic heterocycles. The summed E-state index contributed by atoms with van der Waals surface area (Å²) in [6.07, 6.45) is 0.183. The van der Waals surface area contributed by atoms with Gasteiger partial charge >= 0.3 is 0 Å². The molecule has 0 radical (unpaired) electrons. The minimum Gasteiger partial charge on any atom is -0.454 e. The molecule has 0 spiro atoms. The van der Waals surface area contributed by atoms with Gasteiger partial charge in [0.15, 0.2) is 17.3 Å². The number of anilines is 1. The number of ether oxygens (including phenoxy) is 2. The number of benzene rings is 1. The van der Waals surface area contributed by atoms with Gasteiger partial charge in [0, 0.05) is 31.6 Å². The summed E-state index contributed by atoms with van der Waals surface area (Å²) in [5.74, 6) is 0.0338. The van der Waals surface area contributed by atoms with Crippen LogP contribution in [0.2, 0.25) is 0 Å². The highest BCUT2D eigenvalue weighted by Crippen LogP contribution is 2.37. The predicted octanol–water partition coefficient (Wildman–Crippen LogP) is 1.03. The van der Waals surface area contributed by atoms with Crippen LogP contribution in [-0.2, 0) is 9.59 Å². The van der Waals surface area contributed by atoms with Crippen molar-refractivity contribution in [2.45, 2.75) is 13.3 Å². The average Bonchev–Trinajstić information content (AvgIpc) is 3.04. The second kappa shape index (κ2) is 5.32. The van der Waals surface area contributed by atoms with Crippen LogP contribution in [0.3, 0.4) is 0 Å². The first kappa shape index (κ1) is 14.4. The van der Waals surface area contributed by atoms with Crippen molar-refractivity contribution >= 4 is 23.3 Å². The maximum atomic E-state index is 12.3.